The Hall–Kier alpha value is -2.67. The van der Waals surface area contributed by atoms with Crippen molar-refractivity contribution in [2.24, 2.45) is 0 Å². The molecule has 0 saturated heterocycles. The zero-order chi connectivity index (χ0) is 19.0. The first-order valence-electron chi connectivity index (χ1n) is 8.93. The molecule has 0 bridgehead atoms. The lowest BCUT2D eigenvalue weighted by atomic mass is 10.1. The van der Waals surface area contributed by atoms with Crippen molar-refractivity contribution >= 4 is 23.4 Å². The summed E-state index contributed by atoms with van der Waals surface area (Å²) >= 11 is 1.37. The Morgan fingerprint density at radius 1 is 1.19 bits per heavy atom. The molecule has 0 N–H and O–H groups in total. The van der Waals surface area contributed by atoms with Crippen LogP contribution in [0.1, 0.15) is 23.6 Å². The number of amides is 1. The summed E-state index contributed by atoms with van der Waals surface area (Å²) in [6, 6.07) is 14.4. The van der Waals surface area contributed by atoms with Crippen LogP contribution in [0, 0.1) is 13.8 Å². The molecule has 0 fully saturated rings. The number of hydrogen-bond acceptors (Lipinski definition) is 5. The Balaban J connectivity index is 1.53. The number of thioether (sulfide) groups is 1. The second kappa shape index (κ2) is 7.15. The molecule has 0 spiro atoms. The molecule has 0 saturated carbocycles. The molecule has 6 nitrogen and oxygen atoms in total. The number of tetrazole rings is 1. The van der Waals surface area contributed by atoms with Gasteiger partial charge in [-0.1, -0.05) is 42.1 Å². The highest BCUT2D eigenvalue weighted by atomic mass is 32.2. The molecule has 3 aromatic rings. The highest BCUT2D eigenvalue weighted by molar-refractivity contribution is 7.99. The summed E-state index contributed by atoms with van der Waals surface area (Å²) in [5, 5.41) is 12.7. The van der Waals surface area contributed by atoms with Crippen LogP contribution in [0.5, 0.6) is 0 Å². The predicted octanol–water partition coefficient (Wildman–Crippen LogP) is 3.35. The van der Waals surface area contributed by atoms with Crippen LogP contribution in [-0.4, -0.2) is 37.9 Å². The van der Waals surface area contributed by atoms with E-state index in [9.17, 15) is 4.79 Å². The van der Waals surface area contributed by atoms with Crippen molar-refractivity contribution in [2.75, 3.05) is 10.7 Å². The van der Waals surface area contributed by atoms with Gasteiger partial charge in [0.25, 0.3) is 0 Å². The maximum Gasteiger partial charge on any atom is 0.237 e. The van der Waals surface area contributed by atoms with E-state index in [1.807, 2.05) is 36.9 Å². The summed E-state index contributed by atoms with van der Waals surface area (Å²) in [6.45, 7) is 6.15. The Bertz CT molecular complexity index is 1000. The maximum absolute atomic E-state index is 12.9. The topological polar surface area (TPSA) is 63.9 Å². The van der Waals surface area contributed by atoms with Crippen molar-refractivity contribution < 1.29 is 4.79 Å². The minimum atomic E-state index is 0.0768. The molecule has 0 radical (unpaired) electrons. The van der Waals surface area contributed by atoms with E-state index in [4.69, 9.17) is 0 Å². The smallest absolute Gasteiger partial charge is 0.237 e. The summed E-state index contributed by atoms with van der Waals surface area (Å²) in [7, 11) is 0. The van der Waals surface area contributed by atoms with Gasteiger partial charge in [-0.05, 0) is 66.4 Å². The number of aryl methyl sites for hydroxylation is 2. The number of fused-ring (bicyclic) bond motifs is 1. The number of anilines is 1. The second-order valence-corrected chi connectivity index (χ2v) is 7.84. The molecule has 138 valence electrons. The summed E-state index contributed by atoms with van der Waals surface area (Å²) in [5.74, 6) is 0.372. The van der Waals surface area contributed by atoms with E-state index in [1.54, 1.807) is 4.68 Å². The quantitative estimate of drug-likeness (QED) is 0.651. The van der Waals surface area contributed by atoms with E-state index in [0.717, 1.165) is 28.9 Å². The van der Waals surface area contributed by atoms with Gasteiger partial charge in [-0.25, -0.2) is 0 Å². The highest BCUT2D eigenvalue weighted by Gasteiger charge is 2.30. The third-order valence-electron chi connectivity index (χ3n) is 4.83. The van der Waals surface area contributed by atoms with Gasteiger partial charge in [0.05, 0.1) is 11.4 Å². The molecule has 1 unspecified atom stereocenters. The first kappa shape index (κ1) is 17.7. The van der Waals surface area contributed by atoms with E-state index in [0.29, 0.717) is 10.9 Å². The SMILES string of the molecule is Cc1ccc(C)c(-n2nnnc2SCC(=O)N2c3ccccc3CC2C)c1. The molecule has 0 aliphatic carbocycles. The average Bonchev–Trinajstić information content (AvgIpc) is 3.25. The molecule has 1 amide bonds. The van der Waals surface area contributed by atoms with E-state index in [1.165, 1.54) is 17.3 Å². The van der Waals surface area contributed by atoms with Gasteiger partial charge in [0, 0.05) is 11.7 Å². The molecule has 1 aliphatic heterocycles. The van der Waals surface area contributed by atoms with Gasteiger partial charge < -0.3 is 4.90 Å². The van der Waals surface area contributed by atoms with Gasteiger partial charge in [0.15, 0.2) is 0 Å². The molecule has 2 heterocycles. The molecule has 1 atom stereocenters. The standard InChI is InChI=1S/C20H21N5OS/c1-13-8-9-14(2)18(10-13)25-20(21-22-23-25)27-12-19(26)24-15(3)11-16-6-4-5-7-17(16)24/h4-10,15H,11-12H2,1-3H3. The molecule has 1 aromatic heterocycles. The first-order chi connectivity index (χ1) is 13.0. The zero-order valence-electron chi connectivity index (χ0n) is 15.6. The Labute approximate surface area is 162 Å². The van der Waals surface area contributed by atoms with E-state index < -0.39 is 0 Å². The number of hydrogen-bond donors (Lipinski definition) is 0. The van der Waals surface area contributed by atoms with Crippen molar-refractivity contribution in [1.29, 1.82) is 0 Å². The van der Waals surface area contributed by atoms with Crippen LogP contribution in [0.4, 0.5) is 5.69 Å². The lowest BCUT2D eigenvalue weighted by Gasteiger charge is -2.22. The lowest BCUT2D eigenvalue weighted by molar-refractivity contribution is -0.116. The van der Waals surface area contributed by atoms with Gasteiger partial charge >= 0.3 is 0 Å². The summed E-state index contributed by atoms with van der Waals surface area (Å²) < 4.78 is 1.71. The van der Waals surface area contributed by atoms with E-state index >= 15 is 0 Å². The fraction of sp³-hybridized carbons (Fsp3) is 0.300. The Morgan fingerprint density at radius 2 is 2.00 bits per heavy atom. The van der Waals surface area contributed by atoms with Crippen molar-refractivity contribution in [3.05, 3.63) is 59.2 Å². The summed E-state index contributed by atoms with van der Waals surface area (Å²) in [6.07, 6.45) is 0.896. The molecular weight excluding hydrogens is 358 g/mol. The van der Waals surface area contributed by atoms with Crippen molar-refractivity contribution in [1.82, 2.24) is 20.2 Å². The Morgan fingerprint density at radius 3 is 2.85 bits per heavy atom. The van der Waals surface area contributed by atoms with Crippen LogP contribution in [0.15, 0.2) is 47.6 Å². The Kier molecular flexibility index (Phi) is 4.70. The van der Waals surface area contributed by atoms with Gasteiger partial charge in [-0.3, -0.25) is 4.79 Å². The molecule has 27 heavy (non-hydrogen) atoms. The normalized spacial score (nSPS) is 15.8. The summed E-state index contributed by atoms with van der Waals surface area (Å²) in [5.41, 5.74) is 5.41. The van der Waals surface area contributed by atoms with Crippen LogP contribution >= 0.6 is 11.8 Å². The predicted molar refractivity (Wildman–Crippen MR) is 106 cm³/mol. The summed E-state index contributed by atoms with van der Waals surface area (Å²) in [4.78, 5) is 14.8. The number of carbonyl (C=O) groups is 1. The molecular formula is C20H21N5OS. The molecule has 1 aliphatic rings. The third-order valence-corrected chi connectivity index (χ3v) is 5.74. The minimum absolute atomic E-state index is 0.0768. The monoisotopic (exact) mass is 379 g/mol. The number of para-hydroxylation sites is 1. The van der Waals surface area contributed by atoms with Crippen LogP contribution < -0.4 is 4.90 Å². The van der Waals surface area contributed by atoms with Gasteiger partial charge in [0.1, 0.15) is 0 Å². The average molecular weight is 379 g/mol. The fourth-order valence-corrected chi connectivity index (χ4v) is 4.25. The lowest BCUT2D eigenvalue weighted by Crippen LogP contribution is -2.37. The van der Waals surface area contributed by atoms with Gasteiger partial charge in [-0.15, -0.1) is 5.10 Å². The van der Waals surface area contributed by atoms with Crippen molar-refractivity contribution in [3.63, 3.8) is 0 Å². The van der Waals surface area contributed by atoms with Crippen molar-refractivity contribution in [2.45, 2.75) is 38.4 Å². The first-order valence-corrected chi connectivity index (χ1v) is 9.92. The van der Waals surface area contributed by atoms with E-state index in [-0.39, 0.29) is 11.9 Å². The number of rotatable bonds is 4. The van der Waals surface area contributed by atoms with Crippen LogP contribution in [0.25, 0.3) is 5.69 Å². The zero-order valence-corrected chi connectivity index (χ0v) is 16.4. The highest BCUT2D eigenvalue weighted by Crippen LogP contribution is 2.33. The second-order valence-electron chi connectivity index (χ2n) is 6.90. The largest absolute Gasteiger partial charge is 0.308 e. The van der Waals surface area contributed by atoms with Crippen LogP contribution in [0.3, 0.4) is 0 Å². The third kappa shape index (κ3) is 3.35. The molecule has 2 aromatic carbocycles. The van der Waals surface area contributed by atoms with Gasteiger partial charge in [-0.2, -0.15) is 4.68 Å². The molecule has 4 rings (SSSR count). The van der Waals surface area contributed by atoms with Crippen LogP contribution in [-0.2, 0) is 11.2 Å². The number of nitrogens with zero attached hydrogens (tertiary/aromatic N) is 5. The molecule has 7 heteroatoms. The number of benzene rings is 2. The van der Waals surface area contributed by atoms with Gasteiger partial charge in [0.2, 0.25) is 11.1 Å². The van der Waals surface area contributed by atoms with Crippen molar-refractivity contribution in [3.8, 4) is 5.69 Å². The van der Waals surface area contributed by atoms with E-state index in [2.05, 4.69) is 46.7 Å². The number of carbonyl (C=O) groups excluding carboxylic acids is 1. The number of aromatic nitrogens is 4. The minimum Gasteiger partial charge on any atom is -0.308 e. The maximum atomic E-state index is 12.9. The fourth-order valence-electron chi connectivity index (χ4n) is 3.51. The van der Waals surface area contributed by atoms with Crippen LogP contribution in [0.2, 0.25) is 0 Å².